The van der Waals surface area contributed by atoms with Crippen LogP contribution < -0.4 is 10.3 Å². The number of morpholine rings is 1. The zero-order chi connectivity index (χ0) is 22.8. The summed E-state index contributed by atoms with van der Waals surface area (Å²) in [5.74, 6) is -1.21. The van der Waals surface area contributed by atoms with Gasteiger partial charge in [-0.05, 0) is 48.6 Å². The van der Waals surface area contributed by atoms with Crippen molar-refractivity contribution in [3.05, 3.63) is 64.6 Å². The topological polar surface area (TPSA) is 109 Å². The average molecular weight is 436 g/mol. The molecule has 0 bridgehead atoms. The van der Waals surface area contributed by atoms with Crippen LogP contribution in [0.15, 0.2) is 53.5 Å². The van der Waals surface area contributed by atoms with Crippen LogP contribution in [0.4, 0.5) is 0 Å². The number of nitrogens with zero attached hydrogens (tertiary/aromatic N) is 1. The highest BCUT2D eigenvalue weighted by Gasteiger charge is 2.35. The molecule has 0 aliphatic carbocycles. The number of H-pyrrole nitrogens is 1. The molecule has 2 atom stereocenters. The maximum atomic E-state index is 12.8. The molecule has 32 heavy (non-hydrogen) atoms. The van der Waals surface area contributed by atoms with E-state index in [0.717, 1.165) is 22.1 Å². The maximum Gasteiger partial charge on any atom is 0.328 e. The Bertz CT molecular complexity index is 1230. The highest BCUT2D eigenvalue weighted by Crippen LogP contribution is 2.30. The number of hydrogen-bond donors (Lipinski definition) is 2. The van der Waals surface area contributed by atoms with Crippen molar-refractivity contribution in [2.75, 3.05) is 19.8 Å². The van der Waals surface area contributed by atoms with Crippen molar-refractivity contribution >= 4 is 22.6 Å². The third-order valence-electron chi connectivity index (χ3n) is 5.67. The lowest BCUT2D eigenvalue weighted by atomic mass is 9.97. The van der Waals surface area contributed by atoms with Crippen molar-refractivity contribution in [3.63, 3.8) is 0 Å². The Balaban J connectivity index is 1.62. The summed E-state index contributed by atoms with van der Waals surface area (Å²) >= 11 is 0. The van der Waals surface area contributed by atoms with E-state index in [2.05, 4.69) is 4.98 Å². The lowest BCUT2D eigenvalue weighted by Crippen LogP contribution is -2.55. The molecule has 1 aliphatic heterocycles. The normalized spacial score (nSPS) is 17.2. The summed E-state index contributed by atoms with van der Waals surface area (Å²) in [5, 5.41) is 10.6. The fourth-order valence-corrected chi connectivity index (χ4v) is 3.97. The van der Waals surface area contributed by atoms with Crippen LogP contribution in [0.5, 0.6) is 5.75 Å². The van der Waals surface area contributed by atoms with Gasteiger partial charge >= 0.3 is 5.97 Å². The molecule has 8 heteroatoms. The van der Waals surface area contributed by atoms with Gasteiger partial charge in [0.25, 0.3) is 11.5 Å². The van der Waals surface area contributed by atoms with Crippen LogP contribution in [0.1, 0.15) is 12.5 Å². The number of carbonyl (C=O) groups is 2. The predicted octanol–water partition coefficient (Wildman–Crippen LogP) is 2.58. The molecular weight excluding hydrogens is 412 g/mol. The summed E-state index contributed by atoms with van der Waals surface area (Å²) in [6, 6.07) is 12.0. The van der Waals surface area contributed by atoms with Gasteiger partial charge in [0.05, 0.1) is 18.6 Å². The van der Waals surface area contributed by atoms with E-state index in [-0.39, 0.29) is 25.3 Å². The van der Waals surface area contributed by atoms with Gasteiger partial charge in [-0.2, -0.15) is 0 Å². The second-order valence-corrected chi connectivity index (χ2v) is 7.77. The maximum absolute atomic E-state index is 12.8. The lowest BCUT2D eigenvalue weighted by molar-refractivity contribution is -0.161. The van der Waals surface area contributed by atoms with Gasteiger partial charge in [-0.25, -0.2) is 4.79 Å². The van der Waals surface area contributed by atoms with Crippen LogP contribution in [-0.2, 0) is 14.3 Å². The lowest BCUT2D eigenvalue weighted by Gasteiger charge is -2.34. The van der Waals surface area contributed by atoms with Crippen molar-refractivity contribution in [1.29, 1.82) is 0 Å². The number of ether oxygens (including phenoxy) is 2. The number of rotatable bonds is 5. The Kier molecular flexibility index (Phi) is 5.96. The van der Waals surface area contributed by atoms with E-state index in [1.54, 1.807) is 31.3 Å². The van der Waals surface area contributed by atoms with E-state index < -0.39 is 24.0 Å². The summed E-state index contributed by atoms with van der Waals surface area (Å²) in [5.41, 5.74) is 2.73. The van der Waals surface area contributed by atoms with Crippen LogP contribution in [0.3, 0.4) is 0 Å². The minimum atomic E-state index is -1.12. The number of carboxylic acids is 1. The number of aryl methyl sites for hydroxylation is 1. The highest BCUT2D eigenvalue weighted by molar-refractivity contribution is 5.97. The number of benzene rings is 2. The Morgan fingerprint density at radius 1 is 1.19 bits per heavy atom. The monoisotopic (exact) mass is 436 g/mol. The van der Waals surface area contributed by atoms with Gasteiger partial charge in [-0.3, -0.25) is 9.59 Å². The number of carbonyl (C=O) groups excluding carboxylic acids is 1. The van der Waals surface area contributed by atoms with Crippen LogP contribution in [-0.4, -0.2) is 58.8 Å². The molecule has 1 fully saturated rings. The molecule has 4 rings (SSSR count). The molecule has 2 N–H and O–H groups in total. The van der Waals surface area contributed by atoms with Crippen LogP contribution >= 0.6 is 0 Å². The molecule has 2 aromatic carbocycles. The van der Waals surface area contributed by atoms with E-state index in [0.29, 0.717) is 11.1 Å². The van der Waals surface area contributed by atoms with Crippen LogP contribution in [0, 0.1) is 6.92 Å². The smallest absolute Gasteiger partial charge is 0.328 e. The first-order chi connectivity index (χ1) is 15.4. The largest absolute Gasteiger partial charge is 0.481 e. The SMILES string of the molecule is Cc1ccccc1-c1c[nH]c(=O)c2cc(O[C@H](C)C(=O)N3CCOC[C@@H]3C(=O)O)ccc12. The zero-order valence-electron chi connectivity index (χ0n) is 17.8. The number of carboxylic acid groups (broad SMARTS) is 1. The average Bonchev–Trinajstić information content (AvgIpc) is 2.79. The summed E-state index contributed by atoms with van der Waals surface area (Å²) < 4.78 is 11.0. The molecule has 8 nitrogen and oxygen atoms in total. The quantitative estimate of drug-likeness (QED) is 0.636. The summed E-state index contributed by atoms with van der Waals surface area (Å²) in [7, 11) is 0. The third-order valence-corrected chi connectivity index (χ3v) is 5.67. The molecule has 3 aromatic rings. The molecule has 0 saturated carbocycles. The molecule has 1 saturated heterocycles. The first-order valence-electron chi connectivity index (χ1n) is 10.4. The first kappa shape index (κ1) is 21.6. The van der Waals surface area contributed by atoms with Crippen molar-refractivity contribution in [2.24, 2.45) is 0 Å². The minimum absolute atomic E-state index is 0.0547. The fourth-order valence-electron chi connectivity index (χ4n) is 3.97. The van der Waals surface area contributed by atoms with Gasteiger partial charge in [-0.1, -0.05) is 24.3 Å². The van der Waals surface area contributed by atoms with Gasteiger partial charge in [0.1, 0.15) is 5.75 Å². The molecule has 166 valence electrons. The number of aliphatic carboxylic acids is 1. The number of pyridine rings is 1. The van der Waals surface area contributed by atoms with Gasteiger partial charge < -0.3 is 24.5 Å². The van der Waals surface area contributed by atoms with Crippen molar-refractivity contribution in [3.8, 4) is 16.9 Å². The Morgan fingerprint density at radius 2 is 1.97 bits per heavy atom. The summed E-state index contributed by atoms with van der Waals surface area (Å²) in [4.78, 5) is 40.9. The van der Waals surface area contributed by atoms with Gasteiger partial charge in [-0.15, -0.1) is 0 Å². The van der Waals surface area contributed by atoms with E-state index in [4.69, 9.17) is 9.47 Å². The standard InChI is InChI=1S/C24H24N2O6/c1-14-5-3-4-6-17(14)20-12-25-22(27)19-11-16(7-8-18(19)20)32-15(2)23(28)26-9-10-31-13-21(26)24(29)30/h3-8,11-12,15,21H,9-10,13H2,1-2H3,(H,25,27)(H,29,30)/t15-,21-/m1/s1. The van der Waals surface area contributed by atoms with Crippen molar-refractivity contribution < 1.29 is 24.2 Å². The number of fused-ring (bicyclic) bond motifs is 1. The molecule has 1 aliphatic rings. The predicted molar refractivity (Wildman–Crippen MR) is 119 cm³/mol. The van der Waals surface area contributed by atoms with E-state index in [1.165, 1.54) is 4.90 Å². The molecule has 1 aromatic heterocycles. The third kappa shape index (κ3) is 4.09. The number of aromatic amines is 1. The van der Waals surface area contributed by atoms with E-state index in [9.17, 15) is 19.5 Å². The number of aromatic nitrogens is 1. The molecule has 0 radical (unpaired) electrons. The van der Waals surface area contributed by atoms with Gasteiger partial charge in [0, 0.05) is 18.3 Å². The van der Waals surface area contributed by atoms with E-state index in [1.807, 2.05) is 31.2 Å². The van der Waals surface area contributed by atoms with Gasteiger partial charge in [0.2, 0.25) is 0 Å². The Morgan fingerprint density at radius 3 is 2.72 bits per heavy atom. The first-order valence-corrected chi connectivity index (χ1v) is 10.4. The van der Waals surface area contributed by atoms with Crippen LogP contribution in [0.25, 0.3) is 21.9 Å². The summed E-state index contributed by atoms with van der Waals surface area (Å²) in [6.45, 7) is 3.97. The van der Waals surface area contributed by atoms with Crippen molar-refractivity contribution in [2.45, 2.75) is 26.0 Å². The number of nitrogens with one attached hydrogen (secondary N) is 1. The van der Waals surface area contributed by atoms with Crippen molar-refractivity contribution in [1.82, 2.24) is 9.88 Å². The zero-order valence-corrected chi connectivity index (χ0v) is 17.8. The number of hydrogen-bond acceptors (Lipinski definition) is 5. The molecule has 2 heterocycles. The molecular formula is C24H24N2O6. The highest BCUT2D eigenvalue weighted by atomic mass is 16.5. The molecule has 1 amide bonds. The Hall–Kier alpha value is -3.65. The molecule has 0 spiro atoms. The summed E-state index contributed by atoms with van der Waals surface area (Å²) in [6.07, 6.45) is 0.774. The fraction of sp³-hybridized carbons (Fsp3) is 0.292. The van der Waals surface area contributed by atoms with Gasteiger partial charge in [0.15, 0.2) is 12.1 Å². The minimum Gasteiger partial charge on any atom is -0.481 e. The second kappa shape index (κ2) is 8.84. The van der Waals surface area contributed by atoms with Crippen LogP contribution in [0.2, 0.25) is 0 Å². The van der Waals surface area contributed by atoms with E-state index >= 15 is 0 Å². The molecule has 0 unspecified atom stereocenters. The second-order valence-electron chi connectivity index (χ2n) is 7.77. The Labute approximate surface area is 184 Å². The number of amides is 1.